The van der Waals surface area contributed by atoms with Gasteiger partial charge in [0.05, 0.1) is 11.8 Å². The Morgan fingerprint density at radius 1 is 1.06 bits per heavy atom. The monoisotopic (exact) mass is 500 g/mol. The third kappa shape index (κ3) is 5.23. The van der Waals surface area contributed by atoms with Gasteiger partial charge in [-0.3, -0.25) is 9.59 Å². The van der Waals surface area contributed by atoms with E-state index in [1.165, 1.54) is 23.9 Å². The molecule has 0 unspecified atom stereocenters. The van der Waals surface area contributed by atoms with Gasteiger partial charge in [0, 0.05) is 18.5 Å². The molecule has 0 saturated heterocycles. The Hall–Kier alpha value is -3.78. The Bertz CT molecular complexity index is 1370. The number of hydrogen-bond donors (Lipinski definition) is 1. The number of nitrogens with one attached hydrogen (secondary N) is 1. The zero-order valence-corrected chi connectivity index (χ0v) is 20.8. The number of aryl methyl sites for hydroxylation is 2. The van der Waals surface area contributed by atoms with E-state index in [4.69, 9.17) is 5.10 Å². The van der Waals surface area contributed by atoms with E-state index in [9.17, 15) is 14.0 Å². The molecule has 8 heteroatoms. The van der Waals surface area contributed by atoms with Gasteiger partial charge in [-0.05, 0) is 54.8 Å². The number of amidine groups is 1. The molecule has 0 aliphatic carbocycles. The van der Waals surface area contributed by atoms with Crippen LogP contribution >= 0.6 is 11.8 Å². The first-order valence-corrected chi connectivity index (χ1v) is 12.6. The van der Waals surface area contributed by atoms with Crippen molar-refractivity contribution in [3.8, 4) is 0 Å². The van der Waals surface area contributed by atoms with Crippen LogP contribution < -0.4 is 5.32 Å². The molecule has 3 aromatic carbocycles. The minimum Gasteiger partial charge on any atom is -0.326 e. The standard InChI is InChI=1S/C28H25FN4O2S/c1-17-6-8-20(9-7-17)24-15-23(19-10-12-21(29)13-11-19)32-33(24)28-31-27(35)25(36-28)16-26(34)30-22-5-3-4-18(2)14-22/h3-14,24-25H,15-16H2,1-2H3,(H,30,34)/t24-,25-/m1/s1. The molecular formula is C28H25FN4O2S. The average Bonchev–Trinajstić information content (AvgIpc) is 3.44. The summed E-state index contributed by atoms with van der Waals surface area (Å²) in [6.07, 6.45) is 0.600. The summed E-state index contributed by atoms with van der Waals surface area (Å²) in [6, 6.07) is 21.8. The maximum atomic E-state index is 13.5. The van der Waals surface area contributed by atoms with Gasteiger partial charge >= 0.3 is 0 Å². The van der Waals surface area contributed by atoms with E-state index in [1.54, 1.807) is 17.1 Å². The molecule has 36 heavy (non-hydrogen) atoms. The molecule has 0 aromatic heterocycles. The van der Waals surface area contributed by atoms with Crippen LogP contribution in [0.4, 0.5) is 10.1 Å². The average molecular weight is 501 g/mol. The van der Waals surface area contributed by atoms with Crippen LogP contribution in [-0.4, -0.2) is 33.0 Å². The maximum Gasteiger partial charge on any atom is 0.262 e. The number of hydrazone groups is 1. The van der Waals surface area contributed by atoms with Crippen LogP contribution in [0, 0.1) is 19.7 Å². The van der Waals surface area contributed by atoms with Gasteiger partial charge in [0.15, 0.2) is 5.17 Å². The number of halogens is 1. The Balaban J connectivity index is 1.35. The van der Waals surface area contributed by atoms with Crippen molar-refractivity contribution in [1.82, 2.24) is 5.01 Å². The number of carbonyl (C=O) groups is 2. The van der Waals surface area contributed by atoms with E-state index < -0.39 is 5.25 Å². The molecule has 0 spiro atoms. The summed E-state index contributed by atoms with van der Waals surface area (Å²) in [5, 5.41) is 9.28. The van der Waals surface area contributed by atoms with Crippen molar-refractivity contribution in [2.24, 2.45) is 10.1 Å². The number of aliphatic imine (C=N–C) groups is 1. The Morgan fingerprint density at radius 2 is 1.81 bits per heavy atom. The normalized spacial score (nSPS) is 19.3. The fourth-order valence-corrected chi connectivity index (χ4v) is 5.32. The summed E-state index contributed by atoms with van der Waals surface area (Å²) >= 11 is 1.26. The number of rotatable bonds is 5. The fourth-order valence-electron chi connectivity index (χ4n) is 4.26. The van der Waals surface area contributed by atoms with Gasteiger partial charge in [-0.25, -0.2) is 9.40 Å². The third-order valence-electron chi connectivity index (χ3n) is 6.15. The first-order valence-electron chi connectivity index (χ1n) is 11.7. The van der Waals surface area contributed by atoms with Crippen LogP contribution in [0.3, 0.4) is 0 Å². The number of anilines is 1. The second-order valence-corrected chi connectivity index (χ2v) is 10.2. The lowest BCUT2D eigenvalue weighted by atomic mass is 9.98. The smallest absolute Gasteiger partial charge is 0.262 e. The van der Waals surface area contributed by atoms with Gasteiger partial charge in [-0.15, -0.1) is 0 Å². The number of nitrogens with zero attached hydrogens (tertiary/aromatic N) is 3. The van der Waals surface area contributed by atoms with Crippen LogP contribution in [0.5, 0.6) is 0 Å². The molecule has 5 rings (SSSR count). The van der Waals surface area contributed by atoms with Gasteiger partial charge < -0.3 is 5.32 Å². The summed E-state index contributed by atoms with van der Waals surface area (Å²) in [7, 11) is 0. The molecule has 0 radical (unpaired) electrons. The minimum absolute atomic E-state index is 0.0159. The number of hydrogen-bond acceptors (Lipinski definition) is 5. The van der Waals surface area contributed by atoms with Gasteiger partial charge in [0.25, 0.3) is 5.91 Å². The highest BCUT2D eigenvalue weighted by molar-refractivity contribution is 8.15. The van der Waals surface area contributed by atoms with Crippen molar-refractivity contribution in [3.63, 3.8) is 0 Å². The van der Waals surface area contributed by atoms with E-state index in [-0.39, 0.29) is 30.1 Å². The second kappa shape index (κ2) is 10.1. The Labute approximate surface area is 213 Å². The minimum atomic E-state index is -0.617. The molecule has 1 N–H and O–H groups in total. The summed E-state index contributed by atoms with van der Waals surface area (Å²) in [6.45, 7) is 3.98. The van der Waals surface area contributed by atoms with E-state index in [2.05, 4.69) is 10.3 Å². The van der Waals surface area contributed by atoms with Gasteiger partial charge in [0.1, 0.15) is 11.1 Å². The summed E-state index contributed by atoms with van der Waals surface area (Å²) < 4.78 is 13.5. The third-order valence-corrected chi connectivity index (χ3v) is 7.29. The van der Waals surface area contributed by atoms with E-state index >= 15 is 0 Å². The highest BCUT2D eigenvalue weighted by atomic mass is 32.2. The quantitative estimate of drug-likeness (QED) is 0.493. The van der Waals surface area contributed by atoms with Gasteiger partial charge in [-0.1, -0.05) is 65.9 Å². The van der Waals surface area contributed by atoms with Crippen LogP contribution in [0.25, 0.3) is 0 Å². The van der Waals surface area contributed by atoms with Crippen LogP contribution in [-0.2, 0) is 9.59 Å². The molecule has 0 saturated carbocycles. The molecule has 2 aliphatic rings. The predicted molar refractivity (Wildman–Crippen MR) is 142 cm³/mol. The Morgan fingerprint density at radius 3 is 2.53 bits per heavy atom. The zero-order chi connectivity index (χ0) is 25.2. The van der Waals surface area contributed by atoms with Crippen molar-refractivity contribution in [1.29, 1.82) is 0 Å². The molecule has 2 heterocycles. The molecule has 0 bridgehead atoms. The van der Waals surface area contributed by atoms with E-state index in [1.807, 2.05) is 62.4 Å². The van der Waals surface area contributed by atoms with Gasteiger partial charge in [-0.2, -0.15) is 10.1 Å². The summed E-state index contributed by atoms with van der Waals surface area (Å²) in [5.41, 5.74) is 5.53. The van der Waals surface area contributed by atoms with E-state index in [0.717, 1.165) is 28.0 Å². The summed E-state index contributed by atoms with van der Waals surface area (Å²) in [5.74, 6) is -0.894. The lowest BCUT2D eigenvalue weighted by molar-refractivity contribution is -0.121. The first-order chi connectivity index (χ1) is 17.4. The van der Waals surface area contributed by atoms with E-state index in [0.29, 0.717) is 17.3 Å². The SMILES string of the molecule is Cc1ccc([C@H]2CC(c3ccc(F)cc3)=NN2C2=NC(=O)[C@@H](CC(=O)Nc3cccc(C)c3)S2)cc1. The van der Waals surface area contributed by atoms with Crippen molar-refractivity contribution in [2.45, 2.75) is 38.0 Å². The van der Waals surface area contributed by atoms with Gasteiger partial charge in [0.2, 0.25) is 5.91 Å². The van der Waals surface area contributed by atoms with Crippen molar-refractivity contribution >= 4 is 40.1 Å². The number of amides is 2. The second-order valence-electron chi connectivity index (χ2n) is 8.99. The van der Waals surface area contributed by atoms with Crippen molar-refractivity contribution < 1.29 is 14.0 Å². The topological polar surface area (TPSA) is 74.1 Å². The molecule has 2 amide bonds. The molecule has 3 aromatic rings. The van der Waals surface area contributed by atoms with Crippen LogP contribution in [0.1, 0.15) is 41.1 Å². The number of benzene rings is 3. The Kier molecular flexibility index (Phi) is 6.69. The maximum absolute atomic E-state index is 13.5. The molecule has 182 valence electrons. The summed E-state index contributed by atoms with van der Waals surface area (Å²) in [4.78, 5) is 29.7. The first kappa shape index (κ1) is 23.9. The zero-order valence-electron chi connectivity index (χ0n) is 19.9. The number of thioether (sulfide) groups is 1. The highest BCUT2D eigenvalue weighted by Gasteiger charge is 2.39. The largest absolute Gasteiger partial charge is 0.326 e. The fraction of sp³-hybridized carbons (Fsp3) is 0.214. The number of carbonyl (C=O) groups excluding carboxylic acids is 2. The molecule has 0 fully saturated rings. The molecule has 6 nitrogen and oxygen atoms in total. The van der Waals surface area contributed by atoms with Crippen LogP contribution in [0.15, 0.2) is 82.9 Å². The van der Waals surface area contributed by atoms with Crippen LogP contribution in [0.2, 0.25) is 0 Å². The van der Waals surface area contributed by atoms with Crippen molar-refractivity contribution in [2.75, 3.05) is 5.32 Å². The highest BCUT2D eigenvalue weighted by Crippen LogP contribution is 2.38. The lowest BCUT2D eigenvalue weighted by Crippen LogP contribution is -2.25. The molecule has 2 atom stereocenters. The molecule has 2 aliphatic heterocycles. The predicted octanol–water partition coefficient (Wildman–Crippen LogP) is 5.62. The van der Waals surface area contributed by atoms with Crippen molar-refractivity contribution in [3.05, 3.63) is 101 Å². The lowest BCUT2D eigenvalue weighted by Gasteiger charge is -2.23. The molecular weight excluding hydrogens is 475 g/mol.